The molecule has 31 heavy (non-hydrogen) atoms. The number of carbonyl (C=O) groups is 1. The number of nitrogens with zero attached hydrogens (tertiary/aromatic N) is 3. The van der Waals surface area contributed by atoms with E-state index in [1.54, 1.807) is 0 Å². The number of aryl methyl sites for hydroxylation is 1. The molecule has 1 aromatic heterocycles. The summed E-state index contributed by atoms with van der Waals surface area (Å²) >= 11 is 0. The first kappa shape index (κ1) is 21.3. The van der Waals surface area contributed by atoms with Crippen molar-refractivity contribution >= 4 is 22.9 Å². The Morgan fingerprint density at radius 2 is 1.87 bits per heavy atom. The van der Waals surface area contributed by atoms with Crippen LogP contribution in [-0.4, -0.2) is 59.8 Å². The molecule has 0 unspecified atom stereocenters. The number of benzene rings is 2. The molecule has 164 valence electrons. The molecule has 0 spiro atoms. The fraction of sp³-hybridized carbons (Fsp3) is 0.417. The van der Waals surface area contributed by atoms with Gasteiger partial charge in [0.15, 0.2) is 0 Å². The highest BCUT2D eigenvalue weighted by molar-refractivity contribution is 5.94. The molecule has 7 heteroatoms. The predicted octanol–water partition coefficient (Wildman–Crippen LogP) is 3.12. The second-order valence-corrected chi connectivity index (χ2v) is 7.78. The van der Waals surface area contributed by atoms with Gasteiger partial charge in [-0.15, -0.1) is 0 Å². The summed E-state index contributed by atoms with van der Waals surface area (Å²) < 4.78 is 7.53. The second-order valence-electron chi connectivity index (χ2n) is 7.78. The molecule has 1 fully saturated rings. The SMILES string of the molecule is CCn1c(NCc2ccc(C(=O)NCCCN3CCOCC3)cc2)nc2ccccc21. The molecule has 7 nitrogen and oxygen atoms in total. The Hall–Kier alpha value is -2.90. The van der Waals surface area contributed by atoms with Crippen molar-refractivity contribution in [2.45, 2.75) is 26.4 Å². The topological polar surface area (TPSA) is 71.4 Å². The molecule has 4 rings (SSSR count). The van der Waals surface area contributed by atoms with E-state index < -0.39 is 0 Å². The zero-order valence-electron chi connectivity index (χ0n) is 18.1. The Balaban J connectivity index is 1.26. The standard InChI is InChI=1S/C24H31N5O2/c1-2-29-22-7-4-3-6-21(22)27-24(29)26-18-19-8-10-20(11-9-19)23(30)25-12-5-13-28-14-16-31-17-15-28/h3-4,6-11H,2,5,12-18H2,1H3,(H,25,30)(H,26,27). The van der Waals surface area contributed by atoms with Crippen molar-refractivity contribution in [2.75, 3.05) is 44.7 Å². The highest BCUT2D eigenvalue weighted by Gasteiger charge is 2.11. The average Bonchev–Trinajstić information content (AvgIpc) is 3.19. The van der Waals surface area contributed by atoms with Crippen molar-refractivity contribution in [2.24, 2.45) is 0 Å². The summed E-state index contributed by atoms with van der Waals surface area (Å²) in [6.07, 6.45) is 0.951. The van der Waals surface area contributed by atoms with Gasteiger partial charge in [0.1, 0.15) is 0 Å². The van der Waals surface area contributed by atoms with E-state index in [9.17, 15) is 4.79 Å². The van der Waals surface area contributed by atoms with Crippen LogP contribution in [0.25, 0.3) is 11.0 Å². The molecule has 1 amide bonds. The quantitative estimate of drug-likeness (QED) is 0.520. The number of fused-ring (bicyclic) bond motifs is 1. The van der Waals surface area contributed by atoms with Crippen LogP contribution in [0, 0.1) is 0 Å². The Kier molecular flexibility index (Phi) is 7.17. The fourth-order valence-electron chi connectivity index (χ4n) is 3.92. The van der Waals surface area contributed by atoms with E-state index in [-0.39, 0.29) is 5.91 Å². The maximum Gasteiger partial charge on any atom is 0.251 e. The molecule has 0 radical (unpaired) electrons. The van der Waals surface area contributed by atoms with E-state index in [0.717, 1.165) is 68.4 Å². The van der Waals surface area contributed by atoms with Crippen LogP contribution in [0.2, 0.25) is 0 Å². The number of morpholine rings is 1. The lowest BCUT2D eigenvalue weighted by molar-refractivity contribution is 0.0374. The first-order valence-electron chi connectivity index (χ1n) is 11.1. The molecule has 0 aliphatic carbocycles. The lowest BCUT2D eigenvalue weighted by Crippen LogP contribution is -2.38. The fourth-order valence-corrected chi connectivity index (χ4v) is 3.92. The van der Waals surface area contributed by atoms with Crippen LogP contribution in [0.15, 0.2) is 48.5 Å². The maximum atomic E-state index is 12.4. The number of anilines is 1. The van der Waals surface area contributed by atoms with E-state index in [4.69, 9.17) is 9.72 Å². The predicted molar refractivity (Wildman–Crippen MR) is 123 cm³/mol. The zero-order valence-corrected chi connectivity index (χ0v) is 18.1. The normalized spacial score (nSPS) is 14.6. The Morgan fingerprint density at radius 1 is 1.10 bits per heavy atom. The lowest BCUT2D eigenvalue weighted by atomic mass is 10.1. The molecule has 2 heterocycles. The highest BCUT2D eigenvalue weighted by atomic mass is 16.5. The molecule has 1 aliphatic rings. The van der Waals surface area contributed by atoms with Crippen molar-refractivity contribution in [3.63, 3.8) is 0 Å². The van der Waals surface area contributed by atoms with Gasteiger partial charge in [-0.1, -0.05) is 24.3 Å². The van der Waals surface area contributed by atoms with Crippen molar-refractivity contribution < 1.29 is 9.53 Å². The first-order chi connectivity index (χ1) is 15.2. The van der Waals surface area contributed by atoms with Gasteiger partial charge < -0.3 is 19.9 Å². The van der Waals surface area contributed by atoms with Gasteiger partial charge in [-0.25, -0.2) is 4.98 Å². The van der Waals surface area contributed by atoms with Crippen LogP contribution >= 0.6 is 0 Å². The third kappa shape index (κ3) is 5.42. The monoisotopic (exact) mass is 421 g/mol. The minimum atomic E-state index is -0.0192. The number of amides is 1. The summed E-state index contributed by atoms with van der Waals surface area (Å²) in [6.45, 7) is 8.90. The van der Waals surface area contributed by atoms with Gasteiger partial charge in [-0.05, 0) is 49.7 Å². The number of ether oxygens (including phenoxy) is 1. The molecule has 0 bridgehead atoms. The summed E-state index contributed by atoms with van der Waals surface area (Å²) in [5, 5.41) is 6.45. The van der Waals surface area contributed by atoms with Gasteiger partial charge in [0.25, 0.3) is 5.91 Å². The Morgan fingerprint density at radius 3 is 2.65 bits per heavy atom. The zero-order chi connectivity index (χ0) is 21.5. The maximum absolute atomic E-state index is 12.4. The van der Waals surface area contributed by atoms with E-state index in [1.807, 2.05) is 42.5 Å². The minimum absolute atomic E-state index is 0.0192. The molecule has 0 atom stereocenters. The van der Waals surface area contributed by atoms with Crippen molar-refractivity contribution in [1.82, 2.24) is 19.8 Å². The van der Waals surface area contributed by atoms with E-state index in [1.165, 1.54) is 0 Å². The van der Waals surface area contributed by atoms with E-state index >= 15 is 0 Å². The number of hydrogen-bond acceptors (Lipinski definition) is 5. The molecule has 2 aromatic carbocycles. The summed E-state index contributed by atoms with van der Waals surface area (Å²) in [5.41, 5.74) is 3.93. The molecule has 0 saturated carbocycles. The number of imidazole rings is 1. The van der Waals surface area contributed by atoms with Crippen LogP contribution in [-0.2, 0) is 17.8 Å². The first-order valence-corrected chi connectivity index (χ1v) is 11.1. The Bertz CT molecular complexity index is 993. The van der Waals surface area contributed by atoms with Crippen LogP contribution in [0.5, 0.6) is 0 Å². The van der Waals surface area contributed by atoms with Gasteiger partial charge in [0.05, 0.1) is 24.2 Å². The lowest BCUT2D eigenvalue weighted by Gasteiger charge is -2.26. The largest absolute Gasteiger partial charge is 0.379 e. The molecule has 1 aliphatic heterocycles. The van der Waals surface area contributed by atoms with Gasteiger partial charge in [0.2, 0.25) is 5.95 Å². The summed E-state index contributed by atoms with van der Waals surface area (Å²) in [4.78, 5) is 19.5. The number of carbonyl (C=O) groups excluding carboxylic acids is 1. The number of rotatable bonds is 9. The van der Waals surface area contributed by atoms with Gasteiger partial charge >= 0.3 is 0 Å². The molecular formula is C24H31N5O2. The number of para-hydroxylation sites is 2. The van der Waals surface area contributed by atoms with Crippen molar-refractivity contribution in [1.29, 1.82) is 0 Å². The van der Waals surface area contributed by atoms with Crippen LogP contribution in [0.4, 0.5) is 5.95 Å². The van der Waals surface area contributed by atoms with E-state index in [0.29, 0.717) is 18.7 Å². The summed E-state index contributed by atoms with van der Waals surface area (Å²) in [7, 11) is 0. The minimum Gasteiger partial charge on any atom is -0.379 e. The third-order valence-corrected chi connectivity index (χ3v) is 5.68. The van der Waals surface area contributed by atoms with Gasteiger partial charge in [-0.3, -0.25) is 9.69 Å². The van der Waals surface area contributed by atoms with Crippen LogP contribution in [0.1, 0.15) is 29.3 Å². The summed E-state index contributed by atoms with van der Waals surface area (Å²) in [6, 6.07) is 15.9. The molecular weight excluding hydrogens is 390 g/mol. The van der Waals surface area contributed by atoms with Crippen LogP contribution < -0.4 is 10.6 Å². The molecule has 1 saturated heterocycles. The van der Waals surface area contributed by atoms with E-state index in [2.05, 4.69) is 33.1 Å². The smallest absolute Gasteiger partial charge is 0.251 e. The summed E-state index contributed by atoms with van der Waals surface area (Å²) in [5.74, 6) is 0.847. The number of hydrogen-bond donors (Lipinski definition) is 2. The van der Waals surface area contributed by atoms with Gasteiger partial charge in [-0.2, -0.15) is 0 Å². The van der Waals surface area contributed by atoms with Crippen LogP contribution in [0.3, 0.4) is 0 Å². The average molecular weight is 422 g/mol. The highest BCUT2D eigenvalue weighted by Crippen LogP contribution is 2.20. The third-order valence-electron chi connectivity index (χ3n) is 5.68. The van der Waals surface area contributed by atoms with Gasteiger partial charge in [0, 0.05) is 38.3 Å². The van der Waals surface area contributed by atoms with Crippen molar-refractivity contribution in [3.05, 3.63) is 59.7 Å². The molecule has 3 aromatic rings. The Labute approximate surface area is 183 Å². The number of aromatic nitrogens is 2. The molecule has 2 N–H and O–H groups in total. The number of nitrogens with one attached hydrogen (secondary N) is 2. The van der Waals surface area contributed by atoms with Crippen molar-refractivity contribution in [3.8, 4) is 0 Å². The second kappa shape index (κ2) is 10.4.